The van der Waals surface area contributed by atoms with E-state index in [9.17, 15) is 8.78 Å². The first-order valence-corrected chi connectivity index (χ1v) is 10.9. The van der Waals surface area contributed by atoms with Crippen molar-refractivity contribution in [2.24, 2.45) is 17.8 Å². The van der Waals surface area contributed by atoms with Gasteiger partial charge in [-0.3, -0.25) is 0 Å². The second kappa shape index (κ2) is 7.49. The topological polar surface area (TPSA) is 18.5 Å². The van der Waals surface area contributed by atoms with E-state index in [1.807, 2.05) is 36.4 Å². The monoisotopic (exact) mass is 410 g/mol. The minimum absolute atomic E-state index is 0.0718. The Hall–Kier alpha value is -2.20. The van der Waals surface area contributed by atoms with Crippen LogP contribution in [-0.2, 0) is 11.2 Å². The summed E-state index contributed by atoms with van der Waals surface area (Å²) in [6.07, 6.45) is 2.07. The number of hydrogen-bond donors (Lipinski definition) is 0. The van der Waals surface area contributed by atoms with Crippen LogP contribution in [0.1, 0.15) is 48.0 Å². The maximum Gasteiger partial charge on any atom is 0.267 e. The lowest BCUT2D eigenvalue weighted by Crippen LogP contribution is -2.57. The molecule has 3 aliphatic rings. The van der Waals surface area contributed by atoms with Crippen LogP contribution in [0.2, 0.25) is 0 Å². The standard InChI is InChI=1S/C26H28F2O2/c1-3-18-10-14-22-21-12-9-17-15-19(29-2)11-13-20(17)23(21)24(16-7-5-4-6-8-16)30-26(18,22)25(27)28/h3-8,11,13,15,18,21-25H,1,9-10,12,14H2,2H3/t18-,21+,22+,23-,24-,26+/m1/s1. The van der Waals surface area contributed by atoms with E-state index < -0.39 is 18.1 Å². The summed E-state index contributed by atoms with van der Waals surface area (Å²) >= 11 is 0. The van der Waals surface area contributed by atoms with Crippen LogP contribution in [0, 0.1) is 17.8 Å². The van der Waals surface area contributed by atoms with Gasteiger partial charge in [-0.1, -0.05) is 42.5 Å². The Morgan fingerprint density at radius 3 is 2.63 bits per heavy atom. The van der Waals surface area contributed by atoms with Gasteiger partial charge >= 0.3 is 0 Å². The van der Waals surface area contributed by atoms with E-state index in [0.29, 0.717) is 0 Å². The molecule has 0 N–H and O–H groups in total. The van der Waals surface area contributed by atoms with Crippen molar-refractivity contribution in [3.8, 4) is 5.75 Å². The Labute approximate surface area is 176 Å². The first-order valence-electron chi connectivity index (χ1n) is 10.9. The Morgan fingerprint density at radius 1 is 1.13 bits per heavy atom. The highest BCUT2D eigenvalue weighted by atomic mass is 19.3. The smallest absolute Gasteiger partial charge is 0.267 e. The zero-order valence-corrected chi connectivity index (χ0v) is 17.3. The SMILES string of the molecule is C=C[C@@H]1CC[C@H]2[C@@H]3CCc4cc(OC)ccc4[C@H]3[C@@H](c3ccccc3)O[C@@]12C(F)F. The van der Waals surface area contributed by atoms with Crippen LogP contribution in [0.25, 0.3) is 0 Å². The van der Waals surface area contributed by atoms with Crippen molar-refractivity contribution in [1.29, 1.82) is 0 Å². The lowest BCUT2D eigenvalue weighted by atomic mass is 9.60. The number of rotatable bonds is 4. The molecule has 1 saturated heterocycles. The molecule has 30 heavy (non-hydrogen) atoms. The van der Waals surface area contributed by atoms with Gasteiger partial charge in [0.15, 0.2) is 0 Å². The maximum atomic E-state index is 14.8. The number of benzene rings is 2. The molecule has 1 heterocycles. The lowest BCUT2D eigenvalue weighted by Gasteiger charge is -2.55. The number of alkyl halides is 2. The third-order valence-electron chi connectivity index (χ3n) is 7.79. The van der Waals surface area contributed by atoms with Gasteiger partial charge in [0.25, 0.3) is 6.43 Å². The molecule has 0 aromatic heterocycles. The van der Waals surface area contributed by atoms with Crippen molar-refractivity contribution >= 4 is 0 Å². The van der Waals surface area contributed by atoms with Crippen LogP contribution < -0.4 is 4.74 Å². The molecule has 2 aromatic carbocycles. The predicted molar refractivity (Wildman–Crippen MR) is 113 cm³/mol. The highest BCUT2D eigenvalue weighted by Gasteiger charge is 2.65. The van der Waals surface area contributed by atoms with Gasteiger partial charge < -0.3 is 9.47 Å². The van der Waals surface area contributed by atoms with Crippen molar-refractivity contribution < 1.29 is 18.3 Å². The minimum Gasteiger partial charge on any atom is -0.497 e. The lowest BCUT2D eigenvalue weighted by molar-refractivity contribution is -0.252. The number of aryl methyl sites for hydroxylation is 1. The van der Waals surface area contributed by atoms with Crippen molar-refractivity contribution in [2.75, 3.05) is 7.11 Å². The summed E-state index contributed by atoms with van der Waals surface area (Å²) in [4.78, 5) is 0. The summed E-state index contributed by atoms with van der Waals surface area (Å²) in [7, 11) is 1.68. The highest BCUT2D eigenvalue weighted by Crippen LogP contribution is 2.64. The second-order valence-electron chi connectivity index (χ2n) is 8.92. The fraction of sp³-hybridized carbons (Fsp3) is 0.462. The molecule has 0 bridgehead atoms. The maximum absolute atomic E-state index is 14.8. The molecular formula is C26H28F2O2. The molecule has 0 radical (unpaired) electrons. The summed E-state index contributed by atoms with van der Waals surface area (Å²) in [5.74, 6) is 0.619. The molecule has 158 valence electrons. The van der Waals surface area contributed by atoms with E-state index in [2.05, 4.69) is 18.7 Å². The van der Waals surface area contributed by atoms with E-state index >= 15 is 0 Å². The molecule has 2 nitrogen and oxygen atoms in total. The van der Waals surface area contributed by atoms with Gasteiger partial charge in [-0.25, -0.2) is 8.78 Å². The van der Waals surface area contributed by atoms with Gasteiger partial charge in [0.1, 0.15) is 11.4 Å². The summed E-state index contributed by atoms with van der Waals surface area (Å²) in [5, 5.41) is 0. The van der Waals surface area contributed by atoms with Gasteiger partial charge in [-0.2, -0.15) is 0 Å². The molecule has 0 spiro atoms. The first-order chi connectivity index (χ1) is 14.6. The molecule has 6 atom stereocenters. The molecule has 1 saturated carbocycles. The Balaban J connectivity index is 1.67. The molecule has 2 fully saturated rings. The molecule has 2 aliphatic carbocycles. The largest absolute Gasteiger partial charge is 0.497 e. The van der Waals surface area contributed by atoms with Crippen molar-refractivity contribution in [3.63, 3.8) is 0 Å². The van der Waals surface area contributed by atoms with Crippen molar-refractivity contribution in [2.45, 2.75) is 49.7 Å². The summed E-state index contributed by atoms with van der Waals surface area (Å²) in [6.45, 7) is 3.89. The molecular weight excluding hydrogens is 382 g/mol. The van der Waals surface area contributed by atoms with E-state index in [1.54, 1.807) is 13.2 Å². The normalized spacial score (nSPS) is 34.7. The molecule has 5 rings (SSSR count). The fourth-order valence-corrected chi connectivity index (χ4v) is 6.52. The Bertz CT molecular complexity index is 928. The Morgan fingerprint density at radius 2 is 1.93 bits per heavy atom. The predicted octanol–water partition coefficient (Wildman–Crippen LogP) is 6.33. The highest BCUT2D eigenvalue weighted by molar-refractivity contribution is 5.43. The summed E-state index contributed by atoms with van der Waals surface area (Å²) in [5.41, 5.74) is 2.02. The number of fused-ring (bicyclic) bond motifs is 5. The first kappa shape index (κ1) is 19.7. The quantitative estimate of drug-likeness (QED) is 0.549. The van der Waals surface area contributed by atoms with Gasteiger partial charge in [0.05, 0.1) is 13.2 Å². The van der Waals surface area contributed by atoms with Gasteiger partial charge in [0, 0.05) is 11.8 Å². The van der Waals surface area contributed by atoms with E-state index in [1.165, 1.54) is 11.1 Å². The average molecular weight is 411 g/mol. The van der Waals surface area contributed by atoms with Crippen LogP contribution in [0.4, 0.5) is 8.78 Å². The number of methoxy groups -OCH3 is 1. The average Bonchev–Trinajstić information content (AvgIpc) is 3.18. The number of hydrogen-bond acceptors (Lipinski definition) is 2. The van der Waals surface area contributed by atoms with Crippen LogP contribution in [-0.4, -0.2) is 19.1 Å². The van der Waals surface area contributed by atoms with E-state index in [4.69, 9.17) is 9.47 Å². The number of ether oxygens (including phenoxy) is 2. The second-order valence-corrected chi connectivity index (χ2v) is 8.92. The van der Waals surface area contributed by atoms with Gasteiger partial charge in [-0.05, 0) is 66.3 Å². The van der Waals surface area contributed by atoms with Crippen LogP contribution >= 0.6 is 0 Å². The minimum atomic E-state index is -2.53. The third-order valence-corrected chi connectivity index (χ3v) is 7.79. The van der Waals surface area contributed by atoms with Gasteiger partial charge in [0.2, 0.25) is 0 Å². The van der Waals surface area contributed by atoms with Crippen LogP contribution in [0.3, 0.4) is 0 Å². The zero-order chi connectivity index (χ0) is 20.9. The molecule has 2 aromatic rings. The molecule has 0 amide bonds. The van der Waals surface area contributed by atoms with Crippen molar-refractivity contribution in [1.82, 2.24) is 0 Å². The number of halogens is 2. The molecule has 4 heteroatoms. The Kier molecular flexibility index (Phi) is 4.93. The van der Waals surface area contributed by atoms with Gasteiger partial charge in [-0.15, -0.1) is 6.58 Å². The van der Waals surface area contributed by atoms with E-state index in [-0.39, 0.29) is 23.7 Å². The molecule has 1 aliphatic heterocycles. The zero-order valence-electron chi connectivity index (χ0n) is 17.3. The third kappa shape index (κ3) is 2.76. The summed E-state index contributed by atoms with van der Waals surface area (Å²) in [6, 6.07) is 16.1. The van der Waals surface area contributed by atoms with Crippen molar-refractivity contribution in [3.05, 3.63) is 77.9 Å². The van der Waals surface area contributed by atoms with E-state index in [0.717, 1.165) is 37.0 Å². The molecule has 0 unspecified atom stereocenters. The van der Waals surface area contributed by atoms with Crippen LogP contribution in [0.5, 0.6) is 5.75 Å². The fourth-order valence-electron chi connectivity index (χ4n) is 6.52. The summed E-state index contributed by atoms with van der Waals surface area (Å²) < 4.78 is 41.5. The van der Waals surface area contributed by atoms with Crippen LogP contribution in [0.15, 0.2) is 61.2 Å².